The Bertz CT molecular complexity index is 4840. The van der Waals surface area contributed by atoms with E-state index in [4.69, 9.17) is 61.8 Å². The number of fused-ring (bicyclic) bond motifs is 4. The second-order valence-electron chi connectivity index (χ2n) is 35.6. The Hall–Kier alpha value is -13.7. The number of phenolic OH excluding ortho intramolecular Hbond substituents is 1. The number of para-hydroxylation sites is 1. The summed E-state index contributed by atoms with van der Waals surface area (Å²) in [6.45, 7) is 11.2. The lowest BCUT2D eigenvalue weighted by molar-refractivity contribution is -0.136. The third kappa shape index (κ3) is 40.0. The highest BCUT2D eigenvalue weighted by Gasteiger charge is 2.39. The fourth-order valence-electron chi connectivity index (χ4n) is 15.8. The third-order valence-electron chi connectivity index (χ3n) is 23.0. The maximum absolute atomic E-state index is 15.6. The molecule has 4 aromatic carbocycles. The Balaban J connectivity index is 1.53. The Morgan fingerprint density at radius 3 is 1.05 bits per heavy atom. The van der Waals surface area contributed by atoms with E-state index in [9.17, 15) is 19.5 Å². The first kappa shape index (κ1) is 112. The van der Waals surface area contributed by atoms with Crippen LogP contribution in [0.3, 0.4) is 0 Å². The van der Waals surface area contributed by atoms with Gasteiger partial charge in [-0.05, 0) is 211 Å². The molecule has 2 heterocycles. The molecule has 0 bridgehead atoms. The van der Waals surface area contributed by atoms with Gasteiger partial charge in [0.05, 0.1) is 6.42 Å². The minimum atomic E-state index is -1.60. The molecule has 0 saturated carbocycles. The molecule has 137 heavy (non-hydrogen) atoms. The number of aromatic nitrogens is 1. The number of hydrogen-bond acceptors (Lipinski definition) is 21. The van der Waals surface area contributed by atoms with Crippen molar-refractivity contribution in [2.75, 3.05) is 45.8 Å². The number of nitrogens with one attached hydrogen (secondary N) is 22. The van der Waals surface area contributed by atoms with Crippen LogP contribution in [-0.4, -0.2) is 229 Å². The second-order valence-corrected chi connectivity index (χ2v) is 35.6. The predicted octanol–water partition coefficient (Wildman–Crippen LogP) is -0.796. The van der Waals surface area contributed by atoms with Gasteiger partial charge in [0, 0.05) is 62.7 Å². The van der Waals surface area contributed by atoms with E-state index in [0.29, 0.717) is 63.5 Å². The zero-order valence-electron chi connectivity index (χ0n) is 79.5. The van der Waals surface area contributed by atoms with E-state index in [-0.39, 0.29) is 204 Å². The van der Waals surface area contributed by atoms with E-state index in [1.807, 2.05) is 13.8 Å². The van der Waals surface area contributed by atoms with Crippen LogP contribution in [0, 0.1) is 39.4 Å². The number of amides is 13. The van der Waals surface area contributed by atoms with E-state index in [0.717, 1.165) is 0 Å². The number of carbonyl (C=O) groups excluding carboxylic acids is 13. The fraction of sp³-hybridized carbons (Fsp3) is 0.543. The van der Waals surface area contributed by atoms with Crippen molar-refractivity contribution >= 4 is 112 Å². The van der Waals surface area contributed by atoms with Crippen LogP contribution in [0.1, 0.15) is 186 Å². The summed E-state index contributed by atoms with van der Waals surface area (Å²) in [6.07, 6.45) is 2.21. The molecule has 1 aliphatic rings. The molecule has 5 aromatic rings. The standard InChI is InChI=1S/C94H147N29O14/c1-54(2)47-73-86(133)118-71(34-21-45-108-93(102)103)83(130)120-74(48-55(3)4)87(134)116-67(30-14-17-41-96)80(127)113-66(29-13-16-40-95)79(126)114-69(32-19-43-106-91(98)99)81(128)115-70(33-20-44-107-92(100)101)84(131)122-76(50-60-53-110-65-28-12-11-27-64(60)65)89(136)117-68(31-15-18-42-97)82(129)121-75(49-57-36-38-61(124)39-37-57)88(135)119-72(35-22-46-109-94(104)105)85(132)123-78(56(5)6)90(137)111-52-59-24-8-10-26-63(59)62-25-9-7-23-58(62)51-77(125)112-73/h7-12,23-28,36-39,53-56,66-76,78,110,124H,13-22,29-35,40-52,95-97H2,1-6H3,(H,111,137)(H,112,125)(H,113,127)(H,114,126)(H,115,128)(H,116,134)(H,117,136)(H,118,133)(H,119,135)(H,120,130)(H,121,129)(H,122,131)(H,123,132)(H4,98,99,106)(H4,100,101,107)(H4,102,103,108)(H4,104,105,109)/t66-,67-,68-,69-,70-,71-,72-,73-,74-,75-,76-,78-/m0/s1. The average molecular weight is 1910 g/mol. The second kappa shape index (κ2) is 59.2. The molecule has 13 amide bonds. The van der Waals surface area contributed by atoms with Gasteiger partial charge in [-0.1, -0.05) is 120 Å². The van der Waals surface area contributed by atoms with E-state index in [1.165, 1.54) is 24.3 Å². The van der Waals surface area contributed by atoms with Crippen molar-refractivity contribution in [3.05, 3.63) is 126 Å². The number of H-pyrrole nitrogens is 1. The number of phenols is 1. The van der Waals surface area contributed by atoms with Gasteiger partial charge in [-0.3, -0.25) is 84.0 Å². The summed E-state index contributed by atoms with van der Waals surface area (Å²) in [5, 5.41) is 90.1. The molecule has 37 N–H and O–H groups in total. The largest absolute Gasteiger partial charge is 0.508 e. The van der Waals surface area contributed by atoms with Crippen LogP contribution in [-0.2, 0) is 88.1 Å². The van der Waals surface area contributed by atoms with Gasteiger partial charge in [0.2, 0.25) is 76.8 Å². The molecule has 0 radical (unpaired) electrons. The molecule has 1 aliphatic heterocycles. The maximum atomic E-state index is 15.6. The van der Waals surface area contributed by atoms with Gasteiger partial charge < -0.3 is 141 Å². The average Bonchev–Trinajstić information content (AvgIpc) is 1.67. The van der Waals surface area contributed by atoms with Crippen LogP contribution in [0.15, 0.2) is 103 Å². The third-order valence-corrected chi connectivity index (χ3v) is 23.0. The van der Waals surface area contributed by atoms with Crippen LogP contribution in [0.5, 0.6) is 5.75 Å². The lowest BCUT2D eigenvalue weighted by atomic mass is 9.93. The zero-order chi connectivity index (χ0) is 101. The van der Waals surface area contributed by atoms with Gasteiger partial charge in [0.15, 0.2) is 23.8 Å². The number of aromatic hydroxyl groups is 1. The highest BCUT2D eigenvalue weighted by molar-refractivity contribution is 6.01. The normalized spacial score (nSPS) is 21.3. The van der Waals surface area contributed by atoms with Gasteiger partial charge in [-0.15, -0.1) is 0 Å². The van der Waals surface area contributed by atoms with Crippen molar-refractivity contribution in [2.24, 2.45) is 57.9 Å². The fourth-order valence-corrected chi connectivity index (χ4v) is 15.8. The Morgan fingerprint density at radius 2 is 0.672 bits per heavy atom. The molecular weight excluding hydrogens is 1760 g/mol. The Labute approximate surface area is 800 Å². The van der Waals surface area contributed by atoms with Crippen LogP contribution < -0.4 is 131 Å². The molecule has 12 atom stereocenters. The quantitative estimate of drug-likeness (QED) is 0.0132. The molecule has 0 aliphatic carbocycles. The summed E-state index contributed by atoms with van der Waals surface area (Å²) in [4.78, 5) is 200. The molecule has 43 nitrogen and oxygen atoms in total. The van der Waals surface area contributed by atoms with Gasteiger partial charge in [0.1, 0.15) is 78.3 Å². The first-order chi connectivity index (χ1) is 65.4. The highest BCUT2D eigenvalue weighted by Crippen LogP contribution is 2.29. The summed E-state index contributed by atoms with van der Waals surface area (Å²) < 4.78 is 0. The van der Waals surface area contributed by atoms with Gasteiger partial charge in [0.25, 0.3) is 0 Å². The molecule has 752 valence electrons. The van der Waals surface area contributed by atoms with Gasteiger partial charge in [-0.2, -0.15) is 0 Å². The van der Waals surface area contributed by atoms with Gasteiger partial charge in [-0.25, -0.2) is 0 Å². The predicted molar refractivity (Wildman–Crippen MR) is 523 cm³/mol. The molecule has 0 saturated heterocycles. The Kier molecular flexibility index (Phi) is 48.4. The molecule has 0 fully saturated rings. The van der Waals surface area contributed by atoms with E-state index >= 15 is 47.9 Å². The minimum absolute atomic E-state index is 0.00143. The van der Waals surface area contributed by atoms with Crippen molar-refractivity contribution in [3.63, 3.8) is 0 Å². The number of aromatic amines is 1. The molecule has 6 rings (SSSR count). The number of hydrogen-bond donors (Lipinski definition) is 30. The summed E-state index contributed by atoms with van der Waals surface area (Å²) in [5.74, 6) is -13.6. The lowest BCUT2D eigenvalue weighted by Gasteiger charge is -2.29. The van der Waals surface area contributed by atoms with Crippen molar-refractivity contribution in [2.45, 2.75) is 262 Å². The van der Waals surface area contributed by atoms with Crippen molar-refractivity contribution in [1.29, 1.82) is 21.6 Å². The first-order valence-corrected chi connectivity index (χ1v) is 47.2. The number of rotatable bonds is 37. The molecule has 1 aromatic heterocycles. The zero-order valence-corrected chi connectivity index (χ0v) is 79.5. The monoisotopic (exact) mass is 1910 g/mol. The number of guanidine groups is 4. The van der Waals surface area contributed by atoms with Crippen LogP contribution in [0.2, 0.25) is 0 Å². The van der Waals surface area contributed by atoms with Gasteiger partial charge >= 0.3 is 0 Å². The van der Waals surface area contributed by atoms with Crippen LogP contribution >= 0.6 is 0 Å². The van der Waals surface area contributed by atoms with E-state index < -0.39 is 167 Å². The Morgan fingerprint density at radius 1 is 0.358 bits per heavy atom. The maximum Gasteiger partial charge on any atom is 0.243 e. The summed E-state index contributed by atoms with van der Waals surface area (Å²) in [5.41, 5.74) is 44.6. The summed E-state index contributed by atoms with van der Waals surface area (Å²) in [7, 11) is 0. The SMILES string of the molecule is CC(C)C[C@@H]1NC(=O)Cc2ccccc2-c2ccccc2CNC(=O)[C@H](C(C)C)NC(=O)[C@H](CCCNC(=N)N)NC(=O)[C@H](Cc2ccc(O)cc2)NC(=O)[C@H](CCCCN)NC(=O)[C@H](Cc2c[nH]c3ccccc23)NC(=O)[C@H](CCCNC(=N)N)NC(=O)[C@H](CCCNC(=N)N)NC(=O)[C@H](CCCCN)NC(=O)[C@H](CCCCN)NC(=O)[C@H](CC(C)C)NC(=O)[C@H](CCCNC(=N)N)NC1=O. The lowest BCUT2D eigenvalue weighted by Crippen LogP contribution is -2.61. The highest BCUT2D eigenvalue weighted by atomic mass is 16.3. The number of benzene rings is 4. The van der Waals surface area contributed by atoms with Crippen molar-refractivity contribution < 1.29 is 67.4 Å². The summed E-state index contributed by atoms with van der Waals surface area (Å²) >= 11 is 0. The number of unbranched alkanes of at least 4 members (excludes halogenated alkanes) is 3. The van der Waals surface area contributed by atoms with E-state index in [2.05, 4.69) is 95.4 Å². The summed E-state index contributed by atoms with van der Waals surface area (Å²) in [6, 6.07) is 9.63. The molecule has 43 heteroatoms. The van der Waals surface area contributed by atoms with E-state index in [1.54, 1.807) is 107 Å². The van der Waals surface area contributed by atoms with Crippen LogP contribution in [0.25, 0.3) is 22.0 Å². The number of carbonyl (C=O) groups is 13. The van der Waals surface area contributed by atoms with Crippen molar-refractivity contribution in [1.82, 2.24) is 95.4 Å². The molecular formula is C94H147N29O14. The first-order valence-electron chi connectivity index (χ1n) is 47.2. The van der Waals surface area contributed by atoms with Crippen LogP contribution in [0.4, 0.5) is 0 Å². The molecule has 0 spiro atoms. The topological polar surface area (TPSA) is 740 Å². The smallest absolute Gasteiger partial charge is 0.243 e. The van der Waals surface area contributed by atoms with Crippen molar-refractivity contribution in [3.8, 4) is 16.9 Å². The number of nitrogens with two attached hydrogens (primary N) is 7. The minimum Gasteiger partial charge on any atom is -0.508 e. The molecule has 0 unspecified atom stereocenters.